The summed E-state index contributed by atoms with van der Waals surface area (Å²) in [7, 11) is -3.17. The molecule has 8 nitrogen and oxygen atoms in total. The van der Waals surface area contributed by atoms with Crippen LogP contribution in [0.4, 0.5) is 5.82 Å². The number of aromatic nitrogens is 2. The van der Waals surface area contributed by atoms with Gasteiger partial charge in [-0.3, -0.25) is 14.4 Å². The molecule has 152 valence electrons. The highest BCUT2D eigenvalue weighted by Gasteiger charge is 2.26. The average Bonchev–Trinajstić information content (AvgIpc) is 3.01. The van der Waals surface area contributed by atoms with Crippen LogP contribution in [0.3, 0.4) is 0 Å². The second kappa shape index (κ2) is 9.04. The molecular formula is C18H24ClN5O3S. The van der Waals surface area contributed by atoms with Gasteiger partial charge in [0, 0.05) is 32.4 Å². The van der Waals surface area contributed by atoms with Crippen LogP contribution >= 0.6 is 11.6 Å². The number of nitrogens with one attached hydrogen (secondary N) is 1. The standard InChI is InChI=1S/C18H24ClN5O3S/c1-2-28(26,27)24-10-8-22(9-11-24)14-17(25)20-18-16(19)13-23(21-18)12-15-6-4-3-5-7-15/h3-7,13H,2,8-12,14H2,1H3,(H,20,21,25). The van der Waals surface area contributed by atoms with Gasteiger partial charge in [-0.1, -0.05) is 41.9 Å². The van der Waals surface area contributed by atoms with E-state index >= 15 is 0 Å². The lowest BCUT2D eigenvalue weighted by Gasteiger charge is -2.33. The minimum atomic E-state index is -3.17. The Morgan fingerprint density at radius 2 is 1.86 bits per heavy atom. The number of hydrogen-bond donors (Lipinski definition) is 1. The van der Waals surface area contributed by atoms with Crippen molar-refractivity contribution < 1.29 is 13.2 Å². The third-order valence-corrected chi connectivity index (χ3v) is 6.78. The maximum atomic E-state index is 12.3. The van der Waals surface area contributed by atoms with E-state index in [0.717, 1.165) is 5.56 Å². The number of sulfonamides is 1. The number of piperazine rings is 1. The zero-order valence-electron chi connectivity index (χ0n) is 15.7. The molecule has 28 heavy (non-hydrogen) atoms. The molecule has 0 atom stereocenters. The number of carbonyl (C=O) groups excluding carboxylic acids is 1. The summed E-state index contributed by atoms with van der Waals surface area (Å²) in [4.78, 5) is 14.3. The lowest BCUT2D eigenvalue weighted by atomic mass is 10.2. The van der Waals surface area contributed by atoms with Gasteiger partial charge in [0.15, 0.2) is 5.82 Å². The van der Waals surface area contributed by atoms with Crippen molar-refractivity contribution in [2.24, 2.45) is 0 Å². The minimum absolute atomic E-state index is 0.0949. The van der Waals surface area contributed by atoms with E-state index < -0.39 is 10.0 Å². The van der Waals surface area contributed by atoms with Gasteiger partial charge in [0.05, 0.1) is 18.8 Å². The zero-order chi connectivity index (χ0) is 20.1. The van der Waals surface area contributed by atoms with Gasteiger partial charge in [0.1, 0.15) is 5.02 Å². The summed E-state index contributed by atoms with van der Waals surface area (Å²) in [6, 6.07) is 9.84. The van der Waals surface area contributed by atoms with E-state index in [-0.39, 0.29) is 18.2 Å². The van der Waals surface area contributed by atoms with Crippen molar-refractivity contribution in [1.82, 2.24) is 19.0 Å². The second-order valence-electron chi connectivity index (χ2n) is 6.63. The van der Waals surface area contributed by atoms with Gasteiger partial charge in [0.2, 0.25) is 15.9 Å². The molecule has 1 aliphatic rings. The zero-order valence-corrected chi connectivity index (χ0v) is 17.3. The molecular weight excluding hydrogens is 402 g/mol. The molecule has 3 rings (SSSR count). The Morgan fingerprint density at radius 3 is 2.50 bits per heavy atom. The minimum Gasteiger partial charge on any atom is -0.307 e. The van der Waals surface area contributed by atoms with Crippen LogP contribution in [0.5, 0.6) is 0 Å². The van der Waals surface area contributed by atoms with Gasteiger partial charge in [0.25, 0.3) is 0 Å². The highest BCUT2D eigenvalue weighted by atomic mass is 35.5. The van der Waals surface area contributed by atoms with Crippen molar-refractivity contribution in [1.29, 1.82) is 0 Å². The Kier molecular flexibility index (Phi) is 6.71. The highest BCUT2D eigenvalue weighted by molar-refractivity contribution is 7.89. The van der Waals surface area contributed by atoms with E-state index in [1.807, 2.05) is 35.2 Å². The summed E-state index contributed by atoms with van der Waals surface area (Å²) in [6.07, 6.45) is 1.68. The molecule has 0 saturated carbocycles. The second-order valence-corrected chi connectivity index (χ2v) is 9.30. The number of amides is 1. The molecule has 0 bridgehead atoms. The van der Waals surface area contributed by atoms with Gasteiger partial charge in [-0.2, -0.15) is 9.40 Å². The normalized spacial score (nSPS) is 16.2. The van der Waals surface area contributed by atoms with Crippen LogP contribution in [-0.2, 0) is 21.4 Å². The van der Waals surface area contributed by atoms with Crippen molar-refractivity contribution in [3.05, 3.63) is 47.1 Å². The smallest absolute Gasteiger partial charge is 0.239 e. The fourth-order valence-electron chi connectivity index (χ4n) is 3.06. The monoisotopic (exact) mass is 425 g/mol. The van der Waals surface area contributed by atoms with Crippen LogP contribution in [0.1, 0.15) is 12.5 Å². The fraction of sp³-hybridized carbons (Fsp3) is 0.444. The number of anilines is 1. The molecule has 0 spiro atoms. The highest BCUT2D eigenvalue weighted by Crippen LogP contribution is 2.20. The Balaban J connectivity index is 1.52. The summed E-state index contributed by atoms with van der Waals surface area (Å²) in [5.74, 6) is 0.200. The molecule has 0 radical (unpaired) electrons. The van der Waals surface area contributed by atoms with Crippen LogP contribution in [0.25, 0.3) is 0 Å². The summed E-state index contributed by atoms with van der Waals surface area (Å²) in [5, 5.41) is 7.46. The fourth-order valence-corrected chi connectivity index (χ4v) is 4.34. The van der Waals surface area contributed by atoms with E-state index in [1.165, 1.54) is 4.31 Å². The van der Waals surface area contributed by atoms with Gasteiger partial charge in [-0.05, 0) is 12.5 Å². The predicted octanol–water partition coefficient (Wildman–Crippen LogP) is 1.49. The number of halogens is 1. The number of benzene rings is 1. The van der Waals surface area contributed by atoms with E-state index in [9.17, 15) is 13.2 Å². The van der Waals surface area contributed by atoms with E-state index in [1.54, 1.807) is 17.8 Å². The average molecular weight is 426 g/mol. The summed E-state index contributed by atoms with van der Waals surface area (Å²) in [5.41, 5.74) is 1.08. The largest absolute Gasteiger partial charge is 0.307 e. The van der Waals surface area contributed by atoms with Crippen LogP contribution in [-0.4, -0.2) is 71.8 Å². The maximum absolute atomic E-state index is 12.3. The van der Waals surface area contributed by atoms with Crippen molar-refractivity contribution in [2.45, 2.75) is 13.5 Å². The third-order valence-electron chi connectivity index (χ3n) is 4.62. The third kappa shape index (κ3) is 5.32. The quantitative estimate of drug-likeness (QED) is 0.726. The molecule has 2 heterocycles. The van der Waals surface area contributed by atoms with Crippen LogP contribution in [0.2, 0.25) is 5.02 Å². The first-order valence-electron chi connectivity index (χ1n) is 9.14. The molecule has 1 aromatic carbocycles. The molecule has 1 saturated heterocycles. The summed E-state index contributed by atoms with van der Waals surface area (Å²) < 4.78 is 27.0. The molecule has 1 aromatic heterocycles. The van der Waals surface area contributed by atoms with Gasteiger partial charge in [-0.15, -0.1) is 0 Å². The molecule has 2 aromatic rings. The molecule has 1 amide bonds. The first-order valence-corrected chi connectivity index (χ1v) is 11.1. The number of nitrogens with zero attached hydrogens (tertiary/aromatic N) is 4. The Morgan fingerprint density at radius 1 is 1.18 bits per heavy atom. The lowest BCUT2D eigenvalue weighted by Crippen LogP contribution is -2.50. The molecule has 10 heteroatoms. The van der Waals surface area contributed by atoms with Crippen molar-refractivity contribution >= 4 is 33.3 Å². The molecule has 1 fully saturated rings. The van der Waals surface area contributed by atoms with Crippen LogP contribution < -0.4 is 5.32 Å². The van der Waals surface area contributed by atoms with E-state index in [4.69, 9.17) is 11.6 Å². The SMILES string of the molecule is CCS(=O)(=O)N1CCN(CC(=O)Nc2nn(Cc3ccccc3)cc2Cl)CC1. The number of rotatable bonds is 7. The number of hydrogen-bond acceptors (Lipinski definition) is 5. The first-order chi connectivity index (χ1) is 13.4. The van der Waals surface area contributed by atoms with Crippen LogP contribution in [0.15, 0.2) is 36.5 Å². The van der Waals surface area contributed by atoms with Crippen molar-refractivity contribution in [3.8, 4) is 0 Å². The Bertz CT molecular complexity index is 909. The maximum Gasteiger partial charge on any atom is 0.239 e. The van der Waals surface area contributed by atoms with E-state index in [0.29, 0.717) is 43.6 Å². The van der Waals surface area contributed by atoms with E-state index in [2.05, 4.69) is 10.4 Å². The lowest BCUT2D eigenvalue weighted by molar-refractivity contribution is -0.117. The molecule has 0 unspecified atom stereocenters. The Hall–Kier alpha value is -1.94. The summed E-state index contributed by atoms with van der Waals surface area (Å²) >= 11 is 6.20. The molecule has 1 N–H and O–H groups in total. The molecule has 1 aliphatic heterocycles. The molecule has 0 aliphatic carbocycles. The predicted molar refractivity (Wildman–Crippen MR) is 109 cm³/mol. The van der Waals surface area contributed by atoms with Crippen LogP contribution in [0, 0.1) is 0 Å². The van der Waals surface area contributed by atoms with Crippen molar-refractivity contribution in [2.75, 3.05) is 43.8 Å². The topological polar surface area (TPSA) is 87.5 Å². The Labute approximate surface area is 170 Å². The van der Waals surface area contributed by atoms with Gasteiger partial charge in [-0.25, -0.2) is 8.42 Å². The first kappa shape index (κ1) is 20.8. The summed E-state index contributed by atoms with van der Waals surface area (Å²) in [6.45, 7) is 4.19. The van der Waals surface area contributed by atoms with Gasteiger partial charge >= 0.3 is 0 Å². The van der Waals surface area contributed by atoms with Crippen molar-refractivity contribution in [3.63, 3.8) is 0 Å². The number of carbonyl (C=O) groups is 1. The van der Waals surface area contributed by atoms with Gasteiger partial charge < -0.3 is 5.32 Å².